The van der Waals surface area contributed by atoms with Gasteiger partial charge in [0.1, 0.15) is 11.5 Å². The van der Waals surface area contributed by atoms with Crippen LogP contribution in [0, 0.1) is 12.7 Å². The molecule has 0 saturated carbocycles. The molecule has 0 bridgehead atoms. The molecular weight excluding hydrogens is 409 g/mol. The fourth-order valence-corrected chi connectivity index (χ4v) is 4.68. The summed E-state index contributed by atoms with van der Waals surface area (Å²) < 4.78 is 13.1. The van der Waals surface area contributed by atoms with Crippen LogP contribution in [0.15, 0.2) is 30.3 Å². The number of benzene rings is 1. The second-order valence-electron chi connectivity index (χ2n) is 9.24. The topological polar surface area (TPSA) is 72.8 Å². The highest BCUT2D eigenvalue weighted by atomic mass is 19.1. The quantitative estimate of drug-likeness (QED) is 0.743. The van der Waals surface area contributed by atoms with Gasteiger partial charge in [-0.05, 0) is 63.4 Å². The maximum Gasteiger partial charge on any atom is 0.272 e. The molecule has 32 heavy (non-hydrogen) atoms. The van der Waals surface area contributed by atoms with Crippen molar-refractivity contribution in [3.05, 3.63) is 53.1 Å². The minimum atomic E-state index is -0.984. The number of rotatable bonds is 6. The van der Waals surface area contributed by atoms with Gasteiger partial charge >= 0.3 is 0 Å². The third-order valence-corrected chi connectivity index (χ3v) is 6.25. The second kappa shape index (κ2) is 9.50. The number of likely N-dealkylation sites (N-methyl/N-ethyl adjacent to an activating group) is 1. The molecule has 172 valence electrons. The van der Waals surface area contributed by atoms with Gasteiger partial charge in [-0.1, -0.05) is 12.1 Å². The third-order valence-electron chi connectivity index (χ3n) is 6.25. The number of aromatic nitrogens is 2. The zero-order chi connectivity index (χ0) is 22.7. The molecule has 2 fully saturated rings. The highest BCUT2D eigenvalue weighted by molar-refractivity contribution is 5.93. The first-order valence-corrected chi connectivity index (χ1v) is 11.4. The van der Waals surface area contributed by atoms with E-state index >= 15 is 0 Å². The Morgan fingerprint density at radius 1 is 1.16 bits per heavy atom. The Kier molecular flexibility index (Phi) is 6.71. The average Bonchev–Trinajstić information content (AvgIpc) is 3.16. The molecule has 1 aromatic heterocycles. The molecule has 7 nitrogen and oxygen atoms in total. The van der Waals surface area contributed by atoms with Crippen LogP contribution >= 0.6 is 0 Å². The van der Waals surface area contributed by atoms with E-state index in [0.29, 0.717) is 37.7 Å². The molecule has 3 heterocycles. The summed E-state index contributed by atoms with van der Waals surface area (Å²) in [7, 11) is 1.92. The second-order valence-corrected chi connectivity index (χ2v) is 9.24. The summed E-state index contributed by atoms with van der Waals surface area (Å²) in [6.45, 7) is 5.50. The Morgan fingerprint density at radius 3 is 2.59 bits per heavy atom. The molecule has 2 aliphatic heterocycles. The maximum absolute atomic E-state index is 13.2. The summed E-state index contributed by atoms with van der Waals surface area (Å²) in [6, 6.07) is 8.11. The van der Waals surface area contributed by atoms with Crippen LogP contribution < -0.4 is 4.90 Å². The van der Waals surface area contributed by atoms with Crippen molar-refractivity contribution >= 4 is 11.9 Å². The Morgan fingerprint density at radius 2 is 1.88 bits per heavy atom. The number of carbonyl (C=O) groups is 1. The van der Waals surface area contributed by atoms with E-state index in [0.717, 1.165) is 37.2 Å². The molecule has 1 aromatic carbocycles. The Balaban J connectivity index is 1.39. The number of likely N-dealkylation sites (tertiary alicyclic amines) is 1. The average molecular weight is 442 g/mol. The third kappa shape index (κ3) is 5.42. The van der Waals surface area contributed by atoms with Crippen molar-refractivity contribution in [3.63, 3.8) is 0 Å². The zero-order valence-corrected chi connectivity index (χ0v) is 18.9. The minimum Gasteiger partial charge on any atom is -0.387 e. The summed E-state index contributed by atoms with van der Waals surface area (Å²) >= 11 is 0. The molecular formula is C24H32FN5O2. The lowest BCUT2D eigenvalue weighted by molar-refractivity contribution is 0.0163. The van der Waals surface area contributed by atoms with Crippen molar-refractivity contribution < 1.29 is 14.3 Å². The Labute approximate surface area is 188 Å². The van der Waals surface area contributed by atoms with Gasteiger partial charge in [-0.15, -0.1) is 0 Å². The van der Waals surface area contributed by atoms with Crippen LogP contribution in [0.5, 0.6) is 0 Å². The number of hydrogen-bond acceptors (Lipinski definition) is 6. The molecule has 2 aromatic rings. The molecule has 0 radical (unpaired) electrons. The monoisotopic (exact) mass is 441 g/mol. The van der Waals surface area contributed by atoms with Gasteiger partial charge in [-0.2, -0.15) is 0 Å². The van der Waals surface area contributed by atoms with Crippen molar-refractivity contribution in [2.45, 2.75) is 44.8 Å². The van der Waals surface area contributed by atoms with E-state index in [1.54, 1.807) is 23.1 Å². The molecule has 2 aliphatic rings. The summed E-state index contributed by atoms with van der Waals surface area (Å²) in [5.74, 6) is 0.204. The molecule has 0 unspecified atom stereocenters. The van der Waals surface area contributed by atoms with E-state index < -0.39 is 5.60 Å². The number of nitrogens with zero attached hydrogens (tertiary/aromatic N) is 5. The molecule has 4 rings (SSSR count). The number of piperidine rings is 1. The number of aryl methyl sites for hydroxylation is 1. The summed E-state index contributed by atoms with van der Waals surface area (Å²) in [5.41, 5.74) is 1.16. The van der Waals surface area contributed by atoms with Crippen molar-refractivity contribution in [2.75, 3.05) is 44.7 Å². The van der Waals surface area contributed by atoms with Crippen molar-refractivity contribution in [1.82, 2.24) is 19.8 Å². The Hall–Kier alpha value is -2.58. The van der Waals surface area contributed by atoms with Gasteiger partial charge in [-0.3, -0.25) is 9.69 Å². The lowest BCUT2D eigenvalue weighted by Gasteiger charge is -2.29. The SMILES string of the molecule is Cc1cc(C(=O)N2CC[C@](O)(CN(C)Cc3ccc(F)cc3)C2)nc(N2CCCCC2)n1. The molecule has 2 saturated heterocycles. The van der Waals surface area contributed by atoms with Gasteiger partial charge in [0, 0.05) is 38.4 Å². The molecule has 1 amide bonds. The Bertz CT molecular complexity index is 948. The molecule has 1 N–H and O–H groups in total. The lowest BCUT2D eigenvalue weighted by atomic mass is 10.0. The van der Waals surface area contributed by atoms with E-state index in [1.165, 1.54) is 18.6 Å². The predicted molar refractivity (Wildman–Crippen MR) is 121 cm³/mol. The van der Waals surface area contributed by atoms with Gasteiger partial charge in [0.25, 0.3) is 5.91 Å². The zero-order valence-electron chi connectivity index (χ0n) is 18.9. The number of hydrogen-bond donors (Lipinski definition) is 1. The number of β-amino-alcohol motifs (C(OH)–C–C–N with tert-alkyl or cyclic N) is 1. The van der Waals surface area contributed by atoms with Crippen LogP contribution in [-0.4, -0.2) is 76.2 Å². The van der Waals surface area contributed by atoms with E-state index in [4.69, 9.17) is 0 Å². The van der Waals surface area contributed by atoms with Gasteiger partial charge in [0.15, 0.2) is 0 Å². The first kappa shape index (κ1) is 22.6. The van der Waals surface area contributed by atoms with Crippen molar-refractivity contribution in [1.29, 1.82) is 0 Å². The van der Waals surface area contributed by atoms with Gasteiger partial charge < -0.3 is 14.9 Å². The van der Waals surface area contributed by atoms with E-state index in [9.17, 15) is 14.3 Å². The molecule has 1 atom stereocenters. The van der Waals surface area contributed by atoms with Gasteiger partial charge in [-0.25, -0.2) is 14.4 Å². The lowest BCUT2D eigenvalue weighted by Crippen LogP contribution is -2.44. The fourth-order valence-electron chi connectivity index (χ4n) is 4.68. The van der Waals surface area contributed by atoms with E-state index in [2.05, 4.69) is 14.9 Å². The van der Waals surface area contributed by atoms with Crippen molar-refractivity contribution in [2.24, 2.45) is 0 Å². The van der Waals surface area contributed by atoms with Gasteiger partial charge in [0.2, 0.25) is 5.95 Å². The predicted octanol–water partition coefficient (Wildman–Crippen LogP) is 2.62. The maximum atomic E-state index is 13.2. The number of amides is 1. The van der Waals surface area contributed by atoms with E-state index in [-0.39, 0.29) is 18.3 Å². The van der Waals surface area contributed by atoms with Crippen LogP contribution in [0.25, 0.3) is 0 Å². The first-order valence-electron chi connectivity index (χ1n) is 11.4. The van der Waals surface area contributed by atoms with Crippen LogP contribution in [0.4, 0.5) is 10.3 Å². The molecule has 0 aliphatic carbocycles. The highest BCUT2D eigenvalue weighted by Gasteiger charge is 2.39. The fraction of sp³-hybridized carbons (Fsp3) is 0.542. The minimum absolute atomic E-state index is 0.161. The highest BCUT2D eigenvalue weighted by Crippen LogP contribution is 2.25. The number of anilines is 1. The number of aliphatic hydroxyl groups is 1. The molecule has 0 spiro atoms. The van der Waals surface area contributed by atoms with Crippen LogP contribution in [-0.2, 0) is 6.54 Å². The molecule has 8 heteroatoms. The first-order chi connectivity index (χ1) is 15.3. The normalized spacial score (nSPS) is 21.4. The van der Waals surface area contributed by atoms with Gasteiger partial charge in [0.05, 0.1) is 12.1 Å². The standard InChI is InChI=1S/C24H32FN5O2/c1-18-14-21(27-23(26-18)29-11-4-3-5-12-29)22(31)30-13-10-24(32,17-30)16-28(2)15-19-6-8-20(25)9-7-19/h6-9,14,32H,3-5,10-13,15-17H2,1-2H3/t24-/m0/s1. The summed E-state index contributed by atoms with van der Waals surface area (Å²) in [4.78, 5) is 28.1. The smallest absolute Gasteiger partial charge is 0.272 e. The summed E-state index contributed by atoms with van der Waals surface area (Å²) in [5, 5.41) is 11.1. The van der Waals surface area contributed by atoms with Crippen LogP contribution in [0.3, 0.4) is 0 Å². The largest absolute Gasteiger partial charge is 0.387 e. The number of halogens is 1. The van der Waals surface area contributed by atoms with Crippen LogP contribution in [0.1, 0.15) is 47.4 Å². The van der Waals surface area contributed by atoms with Crippen molar-refractivity contribution in [3.8, 4) is 0 Å². The van der Waals surface area contributed by atoms with Crippen LogP contribution in [0.2, 0.25) is 0 Å². The summed E-state index contributed by atoms with van der Waals surface area (Å²) in [6.07, 6.45) is 3.96. The van der Waals surface area contributed by atoms with E-state index in [1.807, 2.05) is 18.9 Å². The number of carbonyl (C=O) groups excluding carboxylic acids is 1.